The lowest BCUT2D eigenvalue weighted by atomic mass is 10.1. The van der Waals surface area contributed by atoms with Crippen LogP contribution in [-0.4, -0.2) is 28.3 Å². The number of aromatic nitrogens is 3. The second kappa shape index (κ2) is 6.20. The number of thioether (sulfide) groups is 1. The second-order valence-corrected chi connectivity index (χ2v) is 4.75. The molecule has 0 saturated heterocycles. The van der Waals surface area contributed by atoms with Crippen LogP contribution in [-0.2, 0) is 10.5 Å². The summed E-state index contributed by atoms with van der Waals surface area (Å²) in [5.74, 6) is 0.0896. The van der Waals surface area contributed by atoms with E-state index in [2.05, 4.69) is 19.9 Å². The summed E-state index contributed by atoms with van der Waals surface area (Å²) < 4.78 is 4.60. The van der Waals surface area contributed by atoms with Gasteiger partial charge in [-0.05, 0) is 17.7 Å². The highest BCUT2D eigenvalue weighted by Crippen LogP contribution is 2.17. The highest BCUT2D eigenvalue weighted by Gasteiger charge is 2.06. The molecule has 1 heterocycles. The molecule has 0 spiro atoms. The Hall–Kier alpha value is -2.35. The van der Waals surface area contributed by atoms with Crippen LogP contribution < -0.4 is 11.2 Å². The van der Waals surface area contributed by atoms with Crippen LogP contribution in [0.4, 0.5) is 0 Å². The van der Waals surface area contributed by atoms with Gasteiger partial charge < -0.3 is 4.74 Å². The van der Waals surface area contributed by atoms with Gasteiger partial charge in [0.15, 0.2) is 5.03 Å². The number of hydrogen-bond donors (Lipinski definition) is 2. The quantitative estimate of drug-likeness (QED) is 0.629. The Balaban J connectivity index is 2.06. The first-order valence-electron chi connectivity index (χ1n) is 5.59. The van der Waals surface area contributed by atoms with Gasteiger partial charge in [-0.1, -0.05) is 23.9 Å². The summed E-state index contributed by atoms with van der Waals surface area (Å²) in [7, 11) is 1.32. The first kappa shape index (κ1) is 14.1. The fourth-order valence-electron chi connectivity index (χ4n) is 1.44. The van der Waals surface area contributed by atoms with Gasteiger partial charge in [0.25, 0.3) is 5.56 Å². The molecule has 0 atom stereocenters. The SMILES string of the molecule is COC(=O)c1ccc(CSc2n[nH]c(=O)[nH]c2=O)cc1. The summed E-state index contributed by atoms with van der Waals surface area (Å²) in [6, 6.07) is 6.82. The lowest BCUT2D eigenvalue weighted by molar-refractivity contribution is 0.0600. The molecule has 0 saturated carbocycles. The molecule has 2 rings (SSSR count). The van der Waals surface area contributed by atoms with E-state index in [4.69, 9.17) is 0 Å². The predicted octanol–water partition coefficient (Wildman–Crippen LogP) is 0.537. The molecule has 0 radical (unpaired) electrons. The minimum absolute atomic E-state index is 0.182. The Morgan fingerprint density at radius 3 is 2.60 bits per heavy atom. The normalized spacial score (nSPS) is 10.2. The zero-order valence-corrected chi connectivity index (χ0v) is 11.3. The number of benzene rings is 1. The third-order valence-corrected chi connectivity index (χ3v) is 3.46. The molecular formula is C12H11N3O4S. The summed E-state index contributed by atoms with van der Waals surface area (Å²) in [4.78, 5) is 35.6. The standard InChI is InChI=1S/C12H11N3O4S/c1-19-11(17)8-4-2-7(3-5-8)6-20-10-9(16)13-12(18)15-14-10/h2-5H,6H2,1H3,(H2,13,15,16,18). The van der Waals surface area contributed by atoms with Crippen LogP contribution >= 0.6 is 11.8 Å². The Morgan fingerprint density at radius 1 is 1.30 bits per heavy atom. The van der Waals surface area contributed by atoms with Crippen molar-refractivity contribution in [3.05, 3.63) is 56.2 Å². The van der Waals surface area contributed by atoms with Crippen molar-refractivity contribution in [2.24, 2.45) is 0 Å². The first-order valence-corrected chi connectivity index (χ1v) is 6.58. The molecule has 0 unspecified atom stereocenters. The molecule has 2 N–H and O–H groups in total. The number of methoxy groups -OCH3 is 1. The van der Waals surface area contributed by atoms with E-state index in [1.165, 1.54) is 18.9 Å². The van der Waals surface area contributed by atoms with E-state index in [9.17, 15) is 14.4 Å². The van der Waals surface area contributed by atoms with Crippen molar-refractivity contribution < 1.29 is 9.53 Å². The molecule has 0 aliphatic heterocycles. The van der Waals surface area contributed by atoms with Crippen LogP contribution in [0.3, 0.4) is 0 Å². The summed E-state index contributed by atoms with van der Waals surface area (Å²) in [6.45, 7) is 0. The fraction of sp³-hybridized carbons (Fsp3) is 0.167. The van der Waals surface area contributed by atoms with E-state index in [0.717, 1.165) is 5.56 Å². The van der Waals surface area contributed by atoms with E-state index in [-0.39, 0.29) is 5.03 Å². The highest BCUT2D eigenvalue weighted by molar-refractivity contribution is 7.98. The maximum Gasteiger partial charge on any atom is 0.342 e. The second-order valence-electron chi connectivity index (χ2n) is 3.79. The smallest absolute Gasteiger partial charge is 0.342 e. The summed E-state index contributed by atoms with van der Waals surface area (Å²) in [5, 5.41) is 6.01. The molecule has 1 aromatic carbocycles. The molecule has 1 aromatic heterocycles. The first-order chi connectivity index (χ1) is 9.60. The summed E-state index contributed by atoms with van der Waals surface area (Å²) in [5.41, 5.74) is 0.211. The molecule has 8 heteroatoms. The van der Waals surface area contributed by atoms with Crippen molar-refractivity contribution in [1.29, 1.82) is 0 Å². The zero-order valence-electron chi connectivity index (χ0n) is 10.5. The number of ether oxygens (including phenoxy) is 1. The molecule has 0 aliphatic carbocycles. The Labute approximate surface area is 117 Å². The number of carbonyl (C=O) groups excluding carboxylic acids is 1. The van der Waals surface area contributed by atoms with Crippen molar-refractivity contribution in [3.63, 3.8) is 0 Å². The molecule has 7 nitrogen and oxygen atoms in total. The van der Waals surface area contributed by atoms with Gasteiger partial charge in [0.05, 0.1) is 12.7 Å². The van der Waals surface area contributed by atoms with E-state index >= 15 is 0 Å². The van der Waals surface area contributed by atoms with Gasteiger partial charge in [-0.15, -0.1) is 0 Å². The van der Waals surface area contributed by atoms with E-state index in [0.29, 0.717) is 11.3 Å². The lowest BCUT2D eigenvalue weighted by Gasteiger charge is -2.02. The average molecular weight is 293 g/mol. The van der Waals surface area contributed by atoms with Gasteiger partial charge >= 0.3 is 11.7 Å². The Morgan fingerprint density at radius 2 is 2.00 bits per heavy atom. The number of esters is 1. The Bertz CT molecular complexity index is 720. The van der Waals surface area contributed by atoms with Crippen molar-refractivity contribution in [1.82, 2.24) is 15.2 Å². The number of carbonyl (C=O) groups is 1. The van der Waals surface area contributed by atoms with Crippen LogP contribution in [0.1, 0.15) is 15.9 Å². The van der Waals surface area contributed by atoms with Crippen LogP contribution in [0.25, 0.3) is 0 Å². The highest BCUT2D eigenvalue weighted by atomic mass is 32.2. The average Bonchev–Trinajstić information content (AvgIpc) is 2.46. The van der Waals surface area contributed by atoms with E-state index in [1.807, 2.05) is 0 Å². The van der Waals surface area contributed by atoms with Crippen molar-refractivity contribution in [2.75, 3.05) is 7.11 Å². The molecule has 0 fully saturated rings. The number of hydrogen-bond acceptors (Lipinski definition) is 6. The van der Waals surface area contributed by atoms with Crippen LogP contribution in [0, 0.1) is 0 Å². The molecule has 0 aliphatic rings. The fourth-order valence-corrected chi connectivity index (χ4v) is 2.23. The third kappa shape index (κ3) is 3.35. The van der Waals surface area contributed by atoms with Gasteiger partial charge in [0, 0.05) is 5.75 Å². The Kier molecular flexibility index (Phi) is 4.36. The minimum atomic E-state index is -0.637. The van der Waals surface area contributed by atoms with Gasteiger partial charge in [-0.25, -0.2) is 14.7 Å². The molecule has 104 valence electrons. The topological polar surface area (TPSA) is 105 Å². The number of nitrogens with one attached hydrogen (secondary N) is 2. The van der Waals surface area contributed by atoms with Crippen LogP contribution in [0.15, 0.2) is 38.9 Å². The predicted molar refractivity (Wildman–Crippen MR) is 72.8 cm³/mol. The van der Waals surface area contributed by atoms with Gasteiger partial charge in [0.1, 0.15) is 0 Å². The molecule has 2 aromatic rings. The maximum absolute atomic E-state index is 11.4. The lowest BCUT2D eigenvalue weighted by Crippen LogP contribution is -2.24. The van der Waals surface area contributed by atoms with Crippen molar-refractivity contribution in [2.45, 2.75) is 10.8 Å². The summed E-state index contributed by atoms with van der Waals surface area (Å²) >= 11 is 1.19. The monoisotopic (exact) mass is 293 g/mol. The summed E-state index contributed by atoms with van der Waals surface area (Å²) in [6.07, 6.45) is 0. The van der Waals surface area contributed by atoms with Crippen LogP contribution in [0.2, 0.25) is 0 Å². The molecular weight excluding hydrogens is 282 g/mol. The number of aromatic amines is 2. The minimum Gasteiger partial charge on any atom is -0.465 e. The maximum atomic E-state index is 11.4. The zero-order chi connectivity index (χ0) is 14.5. The van der Waals surface area contributed by atoms with Crippen molar-refractivity contribution >= 4 is 17.7 Å². The van der Waals surface area contributed by atoms with Crippen LogP contribution in [0.5, 0.6) is 0 Å². The molecule has 20 heavy (non-hydrogen) atoms. The van der Waals surface area contributed by atoms with E-state index < -0.39 is 17.2 Å². The van der Waals surface area contributed by atoms with Gasteiger partial charge in [-0.2, -0.15) is 5.10 Å². The largest absolute Gasteiger partial charge is 0.465 e. The van der Waals surface area contributed by atoms with E-state index in [1.54, 1.807) is 24.3 Å². The molecule has 0 amide bonds. The number of rotatable bonds is 4. The number of H-pyrrole nitrogens is 2. The third-order valence-electron chi connectivity index (χ3n) is 2.43. The van der Waals surface area contributed by atoms with Gasteiger partial charge in [-0.3, -0.25) is 9.78 Å². The molecule has 0 bridgehead atoms. The number of nitrogens with zero attached hydrogens (tertiary/aromatic N) is 1. The van der Waals surface area contributed by atoms with Gasteiger partial charge in [0.2, 0.25) is 0 Å². The van der Waals surface area contributed by atoms with Crippen molar-refractivity contribution in [3.8, 4) is 0 Å².